The first kappa shape index (κ1) is 40.1. The highest BCUT2D eigenvalue weighted by Gasteiger charge is 2.26. The summed E-state index contributed by atoms with van der Waals surface area (Å²) in [5, 5.41) is 29.1. The van der Waals surface area contributed by atoms with Crippen LogP contribution >= 0.6 is 0 Å². The monoisotopic (exact) mass is 595 g/mol. The lowest BCUT2D eigenvalue weighted by Gasteiger charge is -2.39. The van der Waals surface area contributed by atoms with Crippen molar-refractivity contribution in [3.05, 3.63) is 12.2 Å². The number of hydrogen-bond donors (Lipinski definition) is 2. The first-order valence-corrected chi connectivity index (χ1v) is 17.4. The minimum Gasteiger partial charge on any atom is -0.550 e. The third kappa shape index (κ3) is 28.2. The van der Waals surface area contributed by atoms with Gasteiger partial charge in [0.25, 0.3) is 0 Å². The van der Waals surface area contributed by atoms with Crippen LogP contribution < -0.4 is 5.11 Å². The molecule has 0 aromatic rings. The summed E-state index contributed by atoms with van der Waals surface area (Å²) in [6.07, 6.45) is 30.8. The van der Waals surface area contributed by atoms with Gasteiger partial charge in [0, 0.05) is 25.2 Å². The second kappa shape index (κ2) is 29.2. The van der Waals surface area contributed by atoms with E-state index < -0.39 is 17.9 Å². The Morgan fingerprint density at radius 2 is 0.833 bits per heavy atom. The maximum absolute atomic E-state index is 11.1. The summed E-state index contributed by atoms with van der Waals surface area (Å²) in [5.74, 6) is -2.75. The number of quaternary nitrogens is 1. The normalized spacial score (nSPS) is 11.8. The predicted octanol–water partition coefficient (Wildman–Crippen LogP) is 8.05. The zero-order chi connectivity index (χ0) is 31.2. The van der Waals surface area contributed by atoms with E-state index in [1.165, 1.54) is 103 Å². The third-order valence-corrected chi connectivity index (χ3v) is 8.45. The summed E-state index contributed by atoms with van der Waals surface area (Å²) < 4.78 is 0.610. The third-order valence-electron chi connectivity index (χ3n) is 8.45. The van der Waals surface area contributed by atoms with Crippen LogP contribution in [0.2, 0.25) is 0 Å². The van der Waals surface area contributed by atoms with Gasteiger partial charge in [0.2, 0.25) is 0 Å². The molecule has 0 rings (SSSR count). The second-order valence-electron chi connectivity index (χ2n) is 12.4. The molecule has 7 nitrogen and oxygen atoms in total. The average Bonchev–Trinajstić information content (AvgIpc) is 2.93. The standard InChI is InChI=1S/C35H65NO6/c1-2-3-4-5-6-7-8-9-10-11-12-13-14-15-16-17-18-19-20-21-22-29-36(30-23-26-33(37)38,31-24-27-34(39)40)32-25-28-35(41)42/h13-14H,2-12,15-32H2,1H3,(H2-,37,38,39,40,41,42)/b14-13-. The number of carboxylic acid groups (broad SMARTS) is 3. The molecule has 0 spiro atoms. The fourth-order valence-corrected chi connectivity index (χ4v) is 5.94. The molecule has 0 aliphatic carbocycles. The zero-order valence-corrected chi connectivity index (χ0v) is 27.1. The van der Waals surface area contributed by atoms with Crippen molar-refractivity contribution < 1.29 is 34.2 Å². The number of rotatable bonds is 33. The van der Waals surface area contributed by atoms with Crippen molar-refractivity contribution in [1.29, 1.82) is 0 Å². The zero-order valence-electron chi connectivity index (χ0n) is 27.1. The van der Waals surface area contributed by atoms with Crippen LogP contribution in [-0.2, 0) is 14.4 Å². The van der Waals surface area contributed by atoms with Gasteiger partial charge >= 0.3 is 11.9 Å². The molecule has 2 N–H and O–H groups in total. The molecule has 0 aliphatic heterocycles. The van der Waals surface area contributed by atoms with Gasteiger partial charge in [0.05, 0.1) is 39.0 Å². The number of carboxylic acids is 3. The van der Waals surface area contributed by atoms with E-state index in [4.69, 9.17) is 10.2 Å². The molecule has 0 fully saturated rings. The lowest BCUT2D eigenvalue weighted by molar-refractivity contribution is -0.929. The number of carbonyl (C=O) groups excluding carboxylic acids is 1. The predicted molar refractivity (Wildman–Crippen MR) is 170 cm³/mol. The first-order valence-electron chi connectivity index (χ1n) is 17.4. The molecule has 0 saturated carbocycles. The molecule has 0 atom stereocenters. The summed E-state index contributed by atoms with van der Waals surface area (Å²) in [6, 6.07) is 0. The van der Waals surface area contributed by atoms with Crippen LogP contribution in [0.1, 0.15) is 167 Å². The minimum atomic E-state index is -1.08. The second-order valence-corrected chi connectivity index (χ2v) is 12.4. The smallest absolute Gasteiger partial charge is 0.303 e. The summed E-state index contributed by atoms with van der Waals surface area (Å²) in [5.41, 5.74) is 0. The molecule has 7 heteroatoms. The van der Waals surface area contributed by atoms with Gasteiger partial charge in [-0.25, -0.2) is 0 Å². The van der Waals surface area contributed by atoms with Crippen molar-refractivity contribution in [2.45, 2.75) is 167 Å². The Balaban J connectivity index is 4.07. The van der Waals surface area contributed by atoms with Crippen LogP contribution in [0, 0.1) is 0 Å². The molecule has 0 bridgehead atoms. The van der Waals surface area contributed by atoms with E-state index in [-0.39, 0.29) is 19.3 Å². The number of aliphatic carboxylic acids is 3. The highest BCUT2D eigenvalue weighted by molar-refractivity contribution is 5.66. The topological polar surface area (TPSA) is 115 Å². The molecule has 0 heterocycles. The van der Waals surface area contributed by atoms with Gasteiger partial charge in [-0.15, -0.1) is 0 Å². The molecule has 0 unspecified atom stereocenters. The lowest BCUT2D eigenvalue weighted by atomic mass is 10.1. The highest BCUT2D eigenvalue weighted by atomic mass is 16.4. The first-order chi connectivity index (χ1) is 20.3. The van der Waals surface area contributed by atoms with Crippen molar-refractivity contribution in [1.82, 2.24) is 0 Å². The summed E-state index contributed by atoms with van der Waals surface area (Å²) >= 11 is 0. The number of hydrogen-bond acceptors (Lipinski definition) is 4. The Bertz CT molecular complexity index is 643. The van der Waals surface area contributed by atoms with E-state index in [1.54, 1.807) is 0 Å². The molecule has 0 aromatic heterocycles. The SMILES string of the molecule is CCCCCCCCCCCC/C=C\CCCCCCCCC[N+](CCCC(=O)[O-])(CCCC(=O)O)CCCC(=O)O. The summed E-state index contributed by atoms with van der Waals surface area (Å²) in [6.45, 7) is 5.03. The molecule has 246 valence electrons. The molecule has 0 aliphatic rings. The lowest BCUT2D eigenvalue weighted by Crippen LogP contribution is -2.51. The maximum atomic E-state index is 11.1. The Morgan fingerprint density at radius 1 is 0.500 bits per heavy atom. The van der Waals surface area contributed by atoms with E-state index in [0.717, 1.165) is 25.8 Å². The van der Waals surface area contributed by atoms with Crippen LogP contribution in [0.5, 0.6) is 0 Å². The number of unbranched alkanes of at least 4 members (excludes halogenated alkanes) is 17. The molecule has 0 radical (unpaired) electrons. The molecular formula is C35H65NO6. The average molecular weight is 596 g/mol. The van der Waals surface area contributed by atoms with Gasteiger partial charge in [-0.05, 0) is 44.9 Å². The Labute approximate surface area is 257 Å². The minimum absolute atomic E-state index is 0.0215. The largest absolute Gasteiger partial charge is 0.550 e. The van der Waals surface area contributed by atoms with Crippen LogP contribution in [0.15, 0.2) is 12.2 Å². The number of carbonyl (C=O) groups is 3. The Hall–Kier alpha value is -1.89. The molecule has 0 saturated heterocycles. The summed E-state index contributed by atoms with van der Waals surface area (Å²) in [7, 11) is 0. The van der Waals surface area contributed by atoms with Crippen LogP contribution in [0.25, 0.3) is 0 Å². The van der Waals surface area contributed by atoms with Gasteiger partial charge in [-0.3, -0.25) is 9.59 Å². The number of allylic oxidation sites excluding steroid dienone is 2. The van der Waals surface area contributed by atoms with E-state index >= 15 is 0 Å². The van der Waals surface area contributed by atoms with E-state index in [1.807, 2.05) is 0 Å². The van der Waals surface area contributed by atoms with Crippen LogP contribution in [-0.4, -0.2) is 58.8 Å². The molecule has 42 heavy (non-hydrogen) atoms. The van der Waals surface area contributed by atoms with Crippen molar-refractivity contribution in [3.8, 4) is 0 Å². The van der Waals surface area contributed by atoms with Crippen molar-refractivity contribution in [3.63, 3.8) is 0 Å². The fourth-order valence-electron chi connectivity index (χ4n) is 5.94. The molecular weight excluding hydrogens is 530 g/mol. The van der Waals surface area contributed by atoms with Crippen LogP contribution in [0.3, 0.4) is 0 Å². The van der Waals surface area contributed by atoms with Gasteiger partial charge in [-0.1, -0.05) is 103 Å². The van der Waals surface area contributed by atoms with Gasteiger partial charge < -0.3 is 24.6 Å². The van der Waals surface area contributed by atoms with Crippen LogP contribution in [0.4, 0.5) is 0 Å². The fraction of sp³-hybridized carbons (Fsp3) is 0.857. The molecule has 0 aromatic carbocycles. The van der Waals surface area contributed by atoms with Crippen molar-refractivity contribution in [2.75, 3.05) is 26.2 Å². The van der Waals surface area contributed by atoms with Gasteiger partial charge in [0.1, 0.15) is 0 Å². The maximum Gasteiger partial charge on any atom is 0.303 e. The van der Waals surface area contributed by atoms with Gasteiger partial charge in [0.15, 0.2) is 0 Å². The quantitative estimate of drug-likeness (QED) is 0.0451. The Morgan fingerprint density at radius 3 is 1.21 bits per heavy atom. The van der Waals surface area contributed by atoms with Crippen molar-refractivity contribution >= 4 is 17.9 Å². The molecule has 0 amide bonds. The highest BCUT2D eigenvalue weighted by Crippen LogP contribution is 2.19. The van der Waals surface area contributed by atoms with Gasteiger partial charge in [-0.2, -0.15) is 0 Å². The van der Waals surface area contributed by atoms with E-state index in [0.29, 0.717) is 43.4 Å². The number of nitrogens with zero attached hydrogens (tertiary/aromatic N) is 1. The summed E-state index contributed by atoms with van der Waals surface area (Å²) in [4.78, 5) is 33.1. The Kier molecular flexibility index (Phi) is 27.9. The van der Waals surface area contributed by atoms with Crippen molar-refractivity contribution in [2.24, 2.45) is 0 Å². The van der Waals surface area contributed by atoms with E-state index in [9.17, 15) is 19.5 Å². The van der Waals surface area contributed by atoms with E-state index in [2.05, 4.69) is 19.1 Å².